The van der Waals surface area contributed by atoms with Crippen LogP contribution >= 0.6 is 12.2 Å². The van der Waals surface area contributed by atoms with E-state index in [2.05, 4.69) is 17.0 Å². The Kier molecular flexibility index (Phi) is 4.76. The van der Waals surface area contributed by atoms with Gasteiger partial charge in [-0.05, 0) is 19.9 Å². The predicted molar refractivity (Wildman–Crippen MR) is 44.0 cm³/mol. The van der Waals surface area contributed by atoms with Crippen molar-refractivity contribution in [2.24, 2.45) is 0 Å². The number of hydrogen-bond donors (Lipinski definition) is 0. The van der Waals surface area contributed by atoms with Crippen molar-refractivity contribution in [2.45, 2.75) is 13.8 Å². The van der Waals surface area contributed by atoms with Crippen LogP contribution in [0.4, 0.5) is 0 Å². The Morgan fingerprint density at radius 3 is 2.60 bits per heavy atom. The van der Waals surface area contributed by atoms with Crippen LogP contribution in [0.1, 0.15) is 13.8 Å². The third-order valence-corrected chi connectivity index (χ3v) is 1.01. The second-order valence-electron chi connectivity index (χ2n) is 2.03. The van der Waals surface area contributed by atoms with Crippen LogP contribution in [0.5, 0.6) is 0 Å². The van der Waals surface area contributed by atoms with E-state index >= 15 is 0 Å². The fourth-order valence-electron chi connectivity index (χ4n) is 0.324. The highest BCUT2D eigenvalue weighted by molar-refractivity contribution is 7.80. The van der Waals surface area contributed by atoms with Crippen LogP contribution in [0.15, 0.2) is 11.6 Å². The van der Waals surface area contributed by atoms with Crippen molar-refractivity contribution in [3.8, 4) is 0 Å². The van der Waals surface area contributed by atoms with Crippen LogP contribution in [-0.2, 0) is 9.53 Å². The third-order valence-electron chi connectivity index (χ3n) is 0.813. The van der Waals surface area contributed by atoms with Crippen LogP contribution in [0.25, 0.3) is 0 Å². The minimum Gasteiger partial charge on any atom is -0.458 e. The Morgan fingerprint density at radius 1 is 1.60 bits per heavy atom. The molecule has 0 aliphatic carbocycles. The maximum Gasteiger partial charge on any atom is 0.342 e. The van der Waals surface area contributed by atoms with Crippen molar-refractivity contribution in [1.82, 2.24) is 0 Å². The summed E-state index contributed by atoms with van der Waals surface area (Å²) in [4.78, 5) is 10.4. The molecule has 0 aromatic heterocycles. The number of allylic oxidation sites excluding steroid dienone is 1. The first-order valence-electron chi connectivity index (χ1n) is 2.92. The smallest absolute Gasteiger partial charge is 0.342 e. The molecule has 0 aliphatic rings. The van der Waals surface area contributed by atoms with Crippen molar-refractivity contribution in [3.05, 3.63) is 11.6 Å². The van der Waals surface area contributed by atoms with Gasteiger partial charge in [0.1, 0.15) is 6.61 Å². The van der Waals surface area contributed by atoms with Crippen molar-refractivity contribution in [1.29, 1.82) is 0 Å². The molecule has 0 amide bonds. The third kappa shape index (κ3) is 5.44. The molecule has 0 fully saturated rings. The number of hydrogen-bond acceptors (Lipinski definition) is 3. The summed E-state index contributed by atoms with van der Waals surface area (Å²) in [6, 6.07) is 0. The van der Waals surface area contributed by atoms with Crippen LogP contribution in [-0.4, -0.2) is 17.9 Å². The summed E-state index contributed by atoms with van der Waals surface area (Å²) in [6.45, 7) is 4.19. The largest absolute Gasteiger partial charge is 0.458 e. The van der Waals surface area contributed by atoms with E-state index in [1.165, 1.54) is 0 Å². The van der Waals surface area contributed by atoms with Crippen molar-refractivity contribution in [2.75, 3.05) is 6.61 Å². The molecule has 0 spiro atoms. The summed E-state index contributed by atoms with van der Waals surface area (Å²) in [6.07, 6.45) is 1.82. The molecular weight excluding hydrogens is 148 g/mol. The molecule has 10 heavy (non-hydrogen) atoms. The molecule has 0 unspecified atom stereocenters. The van der Waals surface area contributed by atoms with Gasteiger partial charge in [-0.2, -0.15) is 0 Å². The number of ether oxygens (including phenoxy) is 1. The highest BCUT2D eigenvalue weighted by Gasteiger charge is 1.91. The second-order valence-corrected chi connectivity index (χ2v) is 2.27. The van der Waals surface area contributed by atoms with E-state index in [9.17, 15) is 4.79 Å². The number of carbonyl (C=O) groups excluding carboxylic acids is 1. The van der Waals surface area contributed by atoms with Crippen molar-refractivity contribution >= 4 is 23.6 Å². The van der Waals surface area contributed by atoms with E-state index in [0.717, 1.165) is 10.9 Å². The molecule has 0 aliphatic heterocycles. The summed E-state index contributed by atoms with van der Waals surface area (Å²) in [5, 5.41) is 0.985. The van der Waals surface area contributed by atoms with E-state index < -0.39 is 5.97 Å². The summed E-state index contributed by atoms with van der Waals surface area (Å²) in [7, 11) is 0. The fourth-order valence-corrected chi connectivity index (χ4v) is 0.393. The lowest BCUT2D eigenvalue weighted by Gasteiger charge is -1.94. The lowest BCUT2D eigenvalue weighted by Crippen LogP contribution is -2.03. The van der Waals surface area contributed by atoms with E-state index in [1.807, 2.05) is 19.9 Å². The van der Waals surface area contributed by atoms with Gasteiger partial charge in [0.25, 0.3) is 0 Å². The van der Waals surface area contributed by atoms with Crippen molar-refractivity contribution < 1.29 is 9.53 Å². The monoisotopic (exact) mass is 158 g/mol. The SMILES string of the molecule is CC(C)=CCOC(=O)C=S. The summed E-state index contributed by atoms with van der Waals surface area (Å²) < 4.78 is 4.63. The Balaban J connectivity index is 3.46. The van der Waals surface area contributed by atoms with Gasteiger partial charge in [-0.3, -0.25) is 0 Å². The summed E-state index contributed by atoms with van der Waals surface area (Å²) >= 11 is 4.33. The van der Waals surface area contributed by atoms with Crippen LogP contribution in [0.3, 0.4) is 0 Å². The molecule has 0 saturated carbocycles. The summed E-state index contributed by atoms with van der Waals surface area (Å²) in [5.41, 5.74) is 1.12. The molecule has 0 aromatic carbocycles. The first kappa shape index (κ1) is 9.30. The normalized spacial score (nSPS) is 8.20. The minimum atomic E-state index is -0.451. The van der Waals surface area contributed by atoms with Gasteiger partial charge in [-0.25, -0.2) is 4.79 Å². The van der Waals surface area contributed by atoms with Crippen molar-refractivity contribution in [3.63, 3.8) is 0 Å². The number of thiocarbonyl (C=S) groups is 1. The van der Waals surface area contributed by atoms with Gasteiger partial charge in [0.05, 0.1) is 5.37 Å². The van der Waals surface area contributed by atoms with E-state index in [1.54, 1.807) is 0 Å². The first-order chi connectivity index (χ1) is 4.66. The number of esters is 1. The minimum absolute atomic E-state index is 0.314. The molecule has 0 bridgehead atoms. The molecule has 0 N–H and O–H groups in total. The number of rotatable bonds is 3. The van der Waals surface area contributed by atoms with Gasteiger partial charge >= 0.3 is 5.97 Å². The van der Waals surface area contributed by atoms with Gasteiger partial charge in [-0.15, -0.1) is 0 Å². The van der Waals surface area contributed by atoms with Gasteiger partial charge in [0.15, 0.2) is 0 Å². The number of carbonyl (C=O) groups is 1. The van der Waals surface area contributed by atoms with E-state index in [0.29, 0.717) is 6.61 Å². The quantitative estimate of drug-likeness (QED) is 0.353. The zero-order chi connectivity index (χ0) is 7.98. The summed E-state index contributed by atoms with van der Waals surface area (Å²) in [5.74, 6) is -0.451. The zero-order valence-electron chi connectivity index (χ0n) is 6.09. The maximum atomic E-state index is 10.4. The fraction of sp³-hybridized carbons (Fsp3) is 0.429. The molecule has 0 aromatic rings. The molecule has 0 atom stereocenters. The predicted octanol–water partition coefficient (Wildman–Crippen LogP) is 1.50. The van der Waals surface area contributed by atoms with Crippen LogP contribution < -0.4 is 0 Å². The Morgan fingerprint density at radius 2 is 2.20 bits per heavy atom. The molecule has 0 heterocycles. The molecule has 0 rings (SSSR count). The van der Waals surface area contributed by atoms with E-state index in [4.69, 9.17) is 0 Å². The highest BCUT2D eigenvalue weighted by atomic mass is 32.1. The highest BCUT2D eigenvalue weighted by Crippen LogP contribution is 1.87. The topological polar surface area (TPSA) is 26.3 Å². The standard InChI is InChI=1S/C7H10O2S/c1-6(2)3-4-9-7(8)5-10/h3,5H,4H2,1-2H3. The molecule has 56 valence electrons. The van der Waals surface area contributed by atoms with Gasteiger partial charge in [0, 0.05) is 0 Å². The average Bonchev–Trinajstić information content (AvgIpc) is 1.87. The van der Waals surface area contributed by atoms with Crippen LogP contribution in [0.2, 0.25) is 0 Å². The Bertz CT molecular complexity index is 157. The maximum absolute atomic E-state index is 10.4. The van der Waals surface area contributed by atoms with E-state index in [-0.39, 0.29) is 0 Å². The molecule has 2 nitrogen and oxygen atoms in total. The van der Waals surface area contributed by atoms with Gasteiger partial charge in [-0.1, -0.05) is 17.8 Å². The lowest BCUT2D eigenvalue weighted by atomic mass is 10.3. The Labute approximate surface area is 65.9 Å². The van der Waals surface area contributed by atoms with Gasteiger partial charge in [0.2, 0.25) is 0 Å². The molecule has 0 radical (unpaired) electrons. The van der Waals surface area contributed by atoms with Crippen LogP contribution in [0, 0.1) is 0 Å². The molecule has 0 saturated heterocycles. The molecular formula is C7H10O2S. The average molecular weight is 158 g/mol. The Hall–Kier alpha value is -0.700. The second kappa shape index (κ2) is 5.11. The zero-order valence-corrected chi connectivity index (χ0v) is 6.90. The lowest BCUT2D eigenvalue weighted by molar-refractivity contribution is -0.133. The first-order valence-corrected chi connectivity index (χ1v) is 3.39. The van der Waals surface area contributed by atoms with Gasteiger partial charge < -0.3 is 4.74 Å². The molecule has 3 heteroatoms.